The molecule has 5 heteroatoms. The van der Waals surface area contributed by atoms with Gasteiger partial charge >= 0.3 is 0 Å². The third-order valence-corrected chi connectivity index (χ3v) is 3.65. The second-order valence-electron chi connectivity index (χ2n) is 4.35. The molecule has 0 spiro atoms. The Balaban J connectivity index is 2.17. The van der Waals surface area contributed by atoms with Gasteiger partial charge in [-0.1, -0.05) is 6.07 Å². The quantitative estimate of drug-likeness (QED) is 0.936. The summed E-state index contributed by atoms with van der Waals surface area (Å²) in [4.78, 5) is 10.9. The van der Waals surface area contributed by atoms with Crippen molar-refractivity contribution in [1.29, 1.82) is 0 Å². The Morgan fingerprint density at radius 2 is 1.95 bits per heavy atom. The van der Waals surface area contributed by atoms with Gasteiger partial charge in [0.2, 0.25) is 0 Å². The third kappa shape index (κ3) is 3.23. The molecule has 2 heterocycles. The maximum Gasteiger partial charge on any atom is 0.128 e. The van der Waals surface area contributed by atoms with E-state index >= 15 is 0 Å². The second kappa shape index (κ2) is 6.02. The van der Waals surface area contributed by atoms with Crippen LogP contribution in [0.1, 0.15) is 18.5 Å². The van der Waals surface area contributed by atoms with Crippen LogP contribution in [0.15, 0.2) is 41.1 Å². The van der Waals surface area contributed by atoms with Crippen LogP contribution in [0.5, 0.6) is 0 Å². The number of rotatable bonds is 4. The summed E-state index contributed by atoms with van der Waals surface area (Å²) in [5.74, 6) is 1.81. The number of nitrogens with one attached hydrogen (secondary N) is 1. The van der Waals surface area contributed by atoms with Crippen LogP contribution < -0.4 is 10.2 Å². The number of hydrogen-bond acceptors (Lipinski definition) is 4. The normalized spacial score (nSPS) is 12.0. The van der Waals surface area contributed by atoms with E-state index in [1.54, 1.807) is 6.20 Å². The van der Waals surface area contributed by atoms with E-state index in [1.807, 2.05) is 38.5 Å². The molecule has 0 aliphatic carbocycles. The Morgan fingerprint density at radius 1 is 1.16 bits per heavy atom. The SMILES string of the molecule is CNc1ccc(C(C)N(C)c2ccc(Br)cn2)cn1. The first-order valence-corrected chi connectivity index (χ1v) is 6.89. The molecule has 0 amide bonds. The molecular formula is C14H17BrN4. The molecule has 0 aliphatic heterocycles. The summed E-state index contributed by atoms with van der Waals surface area (Å²) in [5.41, 5.74) is 1.16. The molecule has 100 valence electrons. The molecule has 2 aromatic rings. The molecule has 0 saturated carbocycles. The van der Waals surface area contributed by atoms with E-state index in [-0.39, 0.29) is 6.04 Å². The van der Waals surface area contributed by atoms with Gasteiger partial charge in [-0.05, 0) is 46.6 Å². The van der Waals surface area contributed by atoms with E-state index in [9.17, 15) is 0 Å². The van der Waals surface area contributed by atoms with E-state index in [0.29, 0.717) is 0 Å². The number of aromatic nitrogens is 2. The van der Waals surface area contributed by atoms with Gasteiger partial charge < -0.3 is 10.2 Å². The minimum Gasteiger partial charge on any atom is -0.373 e. The fraction of sp³-hybridized carbons (Fsp3) is 0.286. The van der Waals surface area contributed by atoms with Crippen molar-refractivity contribution in [2.45, 2.75) is 13.0 Å². The second-order valence-corrected chi connectivity index (χ2v) is 5.26. The van der Waals surface area contributed by atoms with E-state index in [0.717, 1.165) is 21.7 Å². The van der Waals surface area contributed by atoms with Crippen LogP contribution in [0.3, 0.4) is 0 Å². The van der Waals surface area contributed by atoms with Gasteiger partial charge in [-0.2, -0.15) is 0 Å². The van der Waals surface area contributed by atoms with Crippen LogP contribution in [0, 0.1) is 0 Å². The maximum absolute atomic E-state index is 4.40. The molecule has 0 fully saturated rings. The molecule has 0 bridgehead atoms. The van der Waals surface area contributed by atoms with Crippen molar-refractivity contribution in [2.75, 3.05) is 24.3 Å². The number of anilines is 2. The van der Waals surface area contributed by atoms with Crippen molar-refractivity contribution in [3.05, 3.63) is 46.7 Å². The molecule has 4 nitrogen and oxygen atoms in total. The van der Waals surface area contributed by atoms with Crippen LogP contribution in [0.4, 0.5) is 11.6 Å². The van der Waals surface area contributed by atoms with Gasteiger partial charge in [0.25, 0.3) is 0 Å². The van der Waals surface area contributed by atoms with E-state index in [1.165, 1.54) is 0 Å². The van der Waals surface area contributed by atoms with Gasteiger partial charge in [0.1, 0.15) is 11.6 Å². The zero-order valence-corrected chi connectivity index (χ0v) is 12.8. The summed E-state index contributed by atoms with van der Waals surface area (Å²) >= 11 is 3.39. The summed E-state index contributed by atoms with van der Waals surface area (Å²) in [6.07, 6.45) is 3.70. The molecular weight excluding hydrogens is 304 g/mol. The maximum atomic E-state index is 4.40. The molecule has 0 saturated heterocycles. The fourth-order valence-electron chi connectivity index (χ4n) is 1.80. The van der Waals surface area contributed by atoms with Gasteiger partial charge in [-0.3, -0.25) is 0 Å². The lowest BCUT2D eigenvalue weighted by atomic mass is 10.1. The highest BCUT2D eigenvalue weighted by atomic mass is 79.9. The van der Waals surface area contributed by atoms with E-state index in [2.05, 4.69) is 49.1 Å². The summed E-state index contributed by atoms with van der Waals surface area (Å²) in [7, 11) is 3.90. The first-order valence-electron chi connectivity index (χ1n) is 6.10. The average molecular weight is 321 g/mol. The largest absolute Gasteiger partial charge is 0.373 e. The Hall–Kier alpha value is -1.62. The van der Waals surface area contributed by atoms with Crippen molar-refractivity contribution >= 4 is 27.6 Å². The van der Waals surface area contributed by atoms with Crippen LogP contribution >= 0.6 is 15.9 Å². The Morgan fingerprint density at radius 3 is 2.47 bits per heavy atom. The highest BCUT2D eigenvalue weighted by Crippen LogP contribution is 2.24. The van der Waals surface area contributed by atoms with Gasteiger partial charge in [-0.15, -0.1) is 0 Å². The van der Waals surface area contributed by atoms with Gasteiger partial charge in [0.05, 0.1) is 6.04 Å². The fourth-order valence-corrected chi connectivity index (χ4v) is 2.03. The monoisotopic (exact) mass is 320 g/mol. The molecule has 1 atom stereocenters. The minimum absolute atomic E-state index is 0.215. The van der Waals surface area contributed by atoms with Crippen molar-refractivity contribution in [1.82, 2.24) is 9.97 Å². The van der Waals surface area contributed by atoms with E-state index < -0.39 is 0 Å². The van der Waals surface area contributed by atoms with Crippen LogP contribution in [0.25, 0.3) is 0 Å². The van der Waals surface area contributed by atoms with Gasteiger partial charge in [-0.25, -0.2) is 9.97 Å². The molecule has 0 radical (unpaired) electrons. The first kappa shape index (κ1) is 13.8. The van der Waals surface area contributed by atoms with E-state index in [4.69, 9.17) is 0 Å². The average Bonchev–Trinajstić information content (AvgIpc) is 2.46. The topological polar surface area (TPSA) is 41.0 Å². The molecule has 1 N–H and O–H groups in total. The van der Waals surface area contributed by atoms with Crippen LogP contribution in [-0.2, 0) is 0 Å². The summed E-state index contributed by atoms with van der Waals surface area (Å²) in [6.45, 7) is 2.14. The Kier molecular flexibility index (Phi) is 4.37. The van der Waals surface area contributed by atoms with Crippen LogP contribution in [0.2, 0.25) is 0 Å². The van der Waals surface area contributed by atoms with Crippen molar-refractivity contribution < 1.29 is 0 Å². The standard InChI is InChI=1S/C14H17BrN4/c1-10(11-4-6-13(16-2)17-8-11)19(3)14-7-5-12(15)9-18-14/h4-10H,1-3H3,(H,16,17). The number of nitrogens with zero attached hydrogens (tertiary/aromatic N) is 3. The molecule has 2 aromatic heterocycles. The van der Waals surface area contributed by atoms with Gasteiger partial charge in [0.15, 0.2) is 0 Å². The lowest BCUT2D eigenvalue weighted by Gasteiger charge is -2.26. The van der Waals surface area contributed by atoms with Crippen molar-refractivity contribution in [2.24, 2.45) is 0 Å². The molecule has 2 rings (SSSR count). The third-order valence-electron chi connectivity index (χ3n) is 3.18. The smallest absolute Gasteiger partial charge is 0.128 e. The molecule has 1 unspecified atom stereocenters. The number of hydrogen-bond donors (Lipinski definition) is 1. The zero-order valence-electron chi connectivity index (χ0n) is 11.3. The predicted molar refractivity (Wildman–Crippen MR) is 82.5 cm³/mol. The number of pyridine rings is 2. The van der Waals surface area contributed by atoms with Crippen molar-refractivity contribution in [3.8, 4) is 0 Å². The lowest BCUT2D eigenvalue weighted by Crippen LogP contribution is -2.22. The summed E-state index contributed by atoms with van der Waals surface area (Å²) in [5, 5.41) is 3.02. The zero-order chi connectivity index (χ0) is 13.8. The number of halogens is 1. The summed E-state index contributed by atoms with van der Waals surface area (Å²) < 4.78 is 0.984. The highest BCUT2D eigenvalue weighted by molar-refractivity contribution is 9.10. The minimum atomic E-state index is 0.215. The lowest BCUT2D eigenvalue weighted by molar-refractivity contribution is 0.725. The summed E-state index contributed by atoms with van der Waals surface area (Å²) in [6, 6.07) is 8.27. The first-order chi connectivity index (χ1) is 9.11. The molecule has 19 heavy (non-hydrogen) atoms. The predicted octanol–water partition coefficient (Wildman–Crippen LogP) is 3.48. The Bertz CT molecular complexity index is 524. The molecule has 0 aromatic carbocycles. The highest BCUT2D eigenvalue weighted by Gasteiger charge is 2.13. The van der Waals surface area contributed by atoms with Crippen LogP contribution in [-0.4, -0.2) is 24.1 Å². The van der Waals surface area contributed by atoms with Crippen molar-refractivity contribution in [3.63, 3.8) is 0 Å². The molecule has 0 aliphatic rings. The Labute approximate surface area is 122 Å². The van der Waals surface area contributed by atoms with Gasteiger partial charge in [0, 0.05) is 31.0 Å².